The zero-order chi connectivity index (χ0) is 14.5. The van der Waals surface area contributed by atoms with Crippen LogP contribution in [0.25, 0.3) is 0 Å². The highest BCUT2D eigenvalue weighted by atomic mass is 16.5. The van der Waals surface area contributed by atoms with Gasteiger partial charge in [-0.3, -0.25) is 0 Å². The molecule has 1 fully saturated rings. The lowest BCUT2D eigenvalue weighted by atomic mass is 10.1. The van der Waals surface area contributed by atoms with Gasteiger partial charge in [0.25, 0.3) is 0 Å². The van der Waals surface area contributed by atoms with Crippen LogP contribution in [0.15, 0.2) is 0 Å². The van der Waals surface area contributed by atoms with E-state index in [9.17, 15) is 0 Å². The monoisotopic (exact) mass is 287 g/mol. The Morgan fingerprint density at radius 1 is 1.00 bits per heavy atom. The van der Waals surface area contributed by atoms with Crippen molar-refractivity contribution in [3.05, 3.63) is 0 Å². The largest absolute Gasteiger partial charge is 0.385 e. The van der Waals surface area contributed by atoms with Crippen molar-refractivity contribution in [2.24, 2.45) is 0 Å². The number of ether oxygens (including phenoxy) is 3. The molecule has 1 saturated carbocycles. The third-order valence-electron chi connectivity index (χ3n) is 3.81. The lowest BCUT2D eigenvalue weighted by Gasteiger charge is -2.26. The van der Waals surface area contributed by atoms with Crippen molar-refractivity contribution in [1.29, 1.82) is 0 Å². The first-order chi connectivity index (χ1) is 9.88. The fourth-order valence-corrected chi connectivity index (χ4v) is 2.70. The second-order valence-electron chi connectivity index (χ2n) is 5.57. The summed E-state index contributed by atoms with van der Waals surface area (Å²) < 4.78 is 16.6. The number of hydrogen-bond acceptors (Lipinski definition) is 4. The number of hydrogen-bond donors (Lipinski definition) is 1. The van der Waals surface area contributed by atoms with Crippen LogP contribution in [0, 0.1) is 0 Å². The van der Waals surface area contributed by atoms with Crippen LogP contribution < -0.4 is 5.32 Å². The zero-order valence-electron chi connectivity index (χ0n) is 13.4. The molecule has 0 saturated heterocycles. The van der Waals surface area contributed by atoms with Gasteiger partial charge in [-0.15, -0.1) is 0 Å². The van der Waals surface area contributed by atoms with Gasteiger partial charge < -0.3 is 19.5 Å². The van der Waals surface area contributed by atoms with Crippen molar-refractivity contribution >= 4 is 0 Å². The fraction of sp³-hybridized carbons (Fsp3) is 1.00. The zero-order valence-corrected chi connectivity index (χ0v) is 13.4. The lowest BCUT2D eigenvalue weighted by molar-refractivity contribution is -0.0165. The fourth-order valence-electron chi connectivity index (χ4n) is 2.70. The Morgan fingerprint density at radius 3 is 2.65 bits per heavy atom. The highest BCUT2D eigenvalue weighted by molar-refractivity contribution is 4.80. The van der Waals surface area contributed by atoms with Crippen LogP contribution in [0.4, 0.5) is 0 Å². The summed E-state index contributed by atoms with van der Waals surface area (Å²) in [6.07, 6.45) is 8.92. The molecule has 0 aromatic heterocycles. The summed E-state index contributed by atoms with van der Waals surface area (Å²) in [7, 11) is 1.72. The molecule has 4 nitrogen and oxygen atoms in total. The Morgan fingerprint density at radius 2 is 1.85 bits per heavy atom. The van der Waals surface area contributed by atoms with Gasteiger partial charge in [0.2, 0.25) is 0 Å². The minimum absolute atomic E-state index is 0.367. The summed E-state index contributed by atoms with van der Waals surface area (Å²) in [5.41, 5.74) is 0. The van der Waals surface area contributed by atoms with E-state index >= 15 is 0 Å². The van der Waals surface area contributed by atoms with Gasteiger partial charge in [0.1, 0.15) is 0 Å². The molecule has 1 aliphatic rings. The highest BCUT2D eigenvalue weighted by Crippen LogP contribution is 2.20. The van der Waals surface area contributed by atoms with Crippen LogP contribution in [0.3, 0.4) is 0 Å². The first-order valence-corrected chi connectivity index (χ1v) is 8.30. The molecule has 0 radical (unpaired) electrons. The first-order valence-electron chi connectivity index (χ1n) is 8.30. The van der Waals surface area contributed by atoms with Crippen LogP contribution in [-0.2, 0) is 14.2 Å². The topological polar surface area (TPSA) is 39.7 Å². The Kier molecular flexibility index (Phi) is 11.2. The lowest BCUT2D eigenvalue weighted by Crippen LogP contribution is -2.41. The molecule has 2 atom stereocenters. The summed E-state index contributed by atoms with van der Waals surface area (Å²) >= 11 is 0. The van der Waals surface area contributed by atoms with Gasteiger partial charge in [0.05, 0.1) is 19.3 Å². The van der Waals surface area contributed by atoms with Gasteiger partial charge in [-0.05, 0) is 32.2 Å². The van der Waals surface area contributed by atoms with E-state index < -0.39 is 0 Å². The summed E-state index contributed by atoms with van der Waals surface area (Å²) in [6, 6.07) is 0.533. The van der Waals surface area contributed by atoms with Crippen molar-refractivity contribution in [2.75, 3.05) is 40.1 Å². The van der Waals surface area contributed by atoms with Crippen molar-refractivity contribution in [3.8, 4) is 0 Å². The van der Waals surface area contributed by atoms with Gasteiger partial charge >= 0.3 is 0 Å². The molecule has 4 heteroatoms. The molecule has 20 heavy (non-hydrogen) atoms. The van der Waals surface area contributed by atoms with Gasteiger partial charge in [0, 0.05) is 26.4 Å². The summed E-state index contributed by atoms with van der Waals surface area (Å²) in [5.74, 6) is 0. The van der Waals surface area contributed by atoms with Gasteiger partial charge in [-0.1, -0.05) is 26.2 Å². The van der Waals surface area contributed by atoms with E-state index in [1.807, 2.05) is 0 Å². The third-order valence-corrected chi connectivity index (χ3v) is 3.81. The number of methoxy groups -OCH3 is 1. The smallest absolute Gasteiger partial charge is 0.0729 e. The Bertz CT molecular complexity index is 214. The maximum Gasteiger partial charge on any atom is 0.0729 e. The second kappa shape index (κ2) is 12.6. The minimum Gasteiger partial charge on any atom is -0.385 e. The molecular formula is C16H33NO3. The van der Waals surface area contributed by atoms with Crippen LogP contribution >= 0.6 is 0 Å². The molecule has 1 rings (SSSR count). The van der Waals surface area contributed by atoms with Crippen LogP contribution in [0.5, 0.6) is 0 Å². The van der Waals surface area contributed by atoms with E-state index in [1.54, 1.807) is 7.11 Å². The normalized spacial score (nSPS) is 23.7. The quantitative estimate of drug-likeness (QED) is 0.468. The van der Waals surface area contributed by atoms with Crippen molar-refractivity contribution < 1.29 is 14.2 Å². The molecule has 0 aromatic rings. The summed E-state index contributed by atoms with van der Waals surface area (Å²) in [5, 5.41) is 3.65. The van der Waals surface area contributed by atoms with Gasteiger partial charge in [-0.2, -0.15) is 0 Å². The van der Waals surface area contributed by atoms with Crippen LogP contribution in [-0.4, -0.2) is 52.2 Å². The van der Waals surface area contributed by atoms with E-state index in [4.69, 9.17) is 14.2 Å². The van der Waals surface area contributed by atoms with Crippen molar-refractivity contribution in [2.45, 2.75) is 64.0 Å². The Hall–Kier alpha value is -0.160. The molecule has 1 aliphatic carbocycles. The predicted molar refractivity (Wildman–Crippen MR) is 82.2 cm³/mol. The Balaban J connectivity index is 2.13. The number of rotatable bonds is 11. The second-order valence-corrected chi connectivity index (χ2v) is 5.57. The van der Waals surface area contributed by atoms with Gasteiger partial charge in [-0.25, -0.2) is 0 Å². The highest BCUT2D eigenvalue weighted by Gasteiger charge is 2.23. The molecule has 0 aliphatic heterocycles. The SMILES string of the molecule is CCCNC1CCCCCC1OCCOCCCOC. The average Bonchev–Trinajstić information content (AvgIpc) is 2.69. The van der Waals surface area contributed by atoms with Crippen molar-refractivity contribution in [3.63, 3.8) is 0 Å². The maximum atomic E-state index is 6.06. The van der Waals surface area contributed by atoms with E-state index in [2.05, 4.69) is 12.2 Å². The Labute approximate surface area is 124 Å². The molecule has 0 aromatic carbocycles. The average molecular weight is 287 g/mol. The van der Waals surface area contributed by atoms with E-state index in [-0.39, 0.29) is 0 Å². The maximum absolute atomic E-state index is 6.06. The summed E-state index contributed by atoms with van der Waals surface area (Å²) in [6.45, 7) is 6.25. The molecular weight excluding hydrogens is 254 g/mol. The van der Waals surface area contributed by atoms with E-state index in [0.29, 0.717) is 25.4 Å². The molecule has 0 heterocycles. The standard InChI is InChI=1S/C16H33NO3/c1-3-10-17-15-8-5-4-6-9-16(15)20-14-13-19-12-7-11-18-2/h15-17H,3-14H2,1-2H3. The van der Waals surface area contributed by atoms with Gasteiger partial charge in [0.15, 0.2) is 0 Å². The molecule has 120 valence electrons. The molecule has 0 spiro atoms. The minimum atomic E-state index is 0.367. The van der Waals surface area contributed by atoms with Crippen LogP contribution in [0.1, 0.15) is 51.9 Å². The first kappa shape index (κ1) is 17.9. The molecule has 1 N–H and O–H groups in total. The molecule has 0 amide bonds. The van der Waals surface area contributed by atoms with E-state index in [1.165, 1.54) is 38.5 Å². The number of nitrogens with one attached hydrogen (secondary N) is 1. The third kappa shape index (κ3) is 8.20. The molecule has 2 unspecified atom stereocenters. The van der Waals surface area contributed by atoms with E-state index in [0.717, 1.165) is 26.2 Å². The summed E-state index contributed by atoms with van der Waals surface area (Å²) in [4.78, 5) is 0. The van der Waals surface area contributed by atoms with Crippen LogP contribution in [0.2, 0.25) is 0 Å². The van der Waals surface area contributed by atoms with Crippen molar-refractivity contribution in [1.82, 2.24) is 5.32 Å². The predicted octanol–water partition coefficient (Wildman–Crippen LogP) is 2.76. The molecule has 0 bridgehead atoms.